The summed E-state index contributed by atoms with van der Waals surface area (Å²) < 4.78 is 40.1. The predicted molar refractivity (Wildman–Crippen MR) is 68.8 cm³/mol. The van der Waals surface area contributed by atoms with Gasteiger partial charge in [0.1, 0.15) is 17.5 Å². The Balaban J connectivity index is 2.56. The quantitative estimate of drug-likeness (QED) is 0.871. The van der Waals surface area contributed by atoms with Gasteiger partial charge in [-0.15, -0.1) is 0 Å². The highest BCUT2D eigenvalue weighted by molar-refractivity contribution is 6.33. The van der Waals surface area contributed by atoms with Crippen LogP contribution >= 0.6 is 23.2 Å². The maximum absolute atomic E-state index is 13.6. The van der Waals surface area contributed by atoms with Gasteiger partial charge in [-0.05, 0) is 23.8 Å². The molecule has 0 spiro atoms. The second-order valence-corrected chi connectivity index (χ2v) is 4.77. The van der Waals surface area contributed by atoms with Gasteiger partial charge in [0.15, 0.2) is 0 Å². The van der Waals surface area contributed by atoms with Crippen LogP contribution in [0.1, 0.15) is 17.2 Å². The molecule has 6 heteroatoms. The molecule has 2 rings (SSSR count). The molecule has 0 amide bonds. The van der Waals surface area contributed by atoms with Crippen molar-refractivity contribution < 1.29 is 13.2 Å². The van der Waals surface area contributed by atoms with Crippen molar-refractivity contribution in [1.82, 2.24) is 0 Å². The fourth-order valence-electron chi connectivity index (χ4n) is 1.76. The molecule has 1 atom stereocenters. The first-order chi connectivity index (χ1) is 8.90. The topological polar surface area (TPSA) is 26.0 Å². The molecule has 19 heavy (non-hydrogen) atoms. The van der Waals surface area contributed by atoms with Crippen LogP contribution in [-0.4, -0.2) is 0 Å². The summed E-state index contributed by atoms with van der Waals surface area (Å²) in [5, 5.41) is 0.554. The minimum absolute atomic E-state index is 0.222. The van der Waals surface area contributed by atoms with Crippen LogP contribution in [0.3, 0.4) is 0 Å². The van der Waals surface area contributed by atoms with Gasteiger partial charge in [-0.3, -0.25) is 0 Å². The summed E-state index contributed by atoms with van der Waals surface area (Å²) in [5.74, 6) is -3.15. The smallest absolute Gasteiger partial charge is 0.134 e. The Kier molecular flexibility index (Phi) is 4.04. The zero-order chi connectivity index (χ0) is 14.2. The Morgan fingerprint density at radius 2 is 1.53 bits per heavy atom. The lowest BCUT2D eigenvalue weighted by Gasteiger charge is -2.16. The number of halogens is 5. The van der Waals surface area contributed by atoms with E-state index in [-0.39, 0.29) is 10.6 Å². The molecular formula is C13H8Cl2F3N. The molecule has 1 unspecified atom stereocenters. The maximum Gasteiger partial charge on any atom is 0.134 e. The molecule has 0 aromatic heterocycles. The van der Waals surface area contributed by atoms with E-state index < -0.39 is 29.1 Å². The van der Waals surface area contributed by atoms with Gasteiger partial charge in [0.05, 0.1) is 6.04 Å². The van der Waals surface area contributed by atoms with E-state index in [1.54, 1.807) is 0 Å². The van der Waals surface area contributed by atoms with Gasteiger partial charge in [0.2, 0.25) is 0 Å². The lowest BCUT2D eigenvalue weighted by molar-refractivity contribution is 0.515. The summed E-state index contributed by atoms with van der Waals surface area (Å²) >= 11 is 11.7. The molecule has 0 saturated heterocycles. The molecular weight excluding hydrogens is 298 g/mol. The first-order valence-corrected chi connectivity index (χ1v) is 6.00. The van der Waals surface area contributed by atoms with E-state index in [1.807, 2.05) is 0 Å². The van der Waals surface area contributed by atoms with Crippen LogP contribution in [0.25, 0.3) is 0 Å². The van der Waals surface area contributed by atoms with Gasteiger partial charge >= 0.3 is 0 Å². The lowest BCUT2D eigenvalue weighted by Crippen LogP contribution is -2.16. The van der Waals surface area contributed by atoms with Crippen molar-refractivity contribution >= 4 is 23.2 Å². The average molecular weight is 306 g/mol. The molecule has 0 saturated carbocycles. The van der Waals surface area contributed by atoms with Crippen LogP contribution in [0.5, 0.6) is 0 Å². The summed E-state index contributed by atoms with van der Waals surface area (Å²) in [6.07, 6.45) is 0. The van der Waals surface area contributed by atoms with Gasteiger partial charge in [-0.1, -0.05) is 23.2 Å². The molecule has 0 aliphatic rings. The summed E-state index contributed by atoms with van der Waals surface area (Å²) in [6, 6.07) is 4.37. The van der Waals surface area contributed by atoms with Crippen LogP contribution in [0.4, 0.5) is 13.2 Å². The van der Waals surface area contributed by atoms with Crippen molar-refractivity contribution in [3.8, 4) is 0 Å². The van der Waals surface area contributed by atoms with Gasteiger partial charge in [-0.25, -0.2) is 13.2 Å². The molecule has 0 radical (unpaired) electrons. The Morgan fingerprint density at radius 1 is 0.947 bits per heavy atom. The van der Waals surface area contributed by atoms with Crippen LogP contribution < -0.4 is 5.73 Å². The summed E-state index contributed by atoms with van der Waals surface area (Å²) in [5.41, 5.74) is 5.60. The minimum atomic E-state index is -1.17. The fraction of sp³-hybridized carbons (Fsp3) is 0.0769. The largest absolute Gasteiger partial charge is 0.320 e. The van der Waals surface area contributed by atoms with Crippen molar-refractivity contribution in [1.29, 1.82) is 0 Å². The van der Waals surface area contributed by atoms with Gasteiger partial charge in [-0.2, -0.15) is 0 Å². The van der Waals surface area contributed by atoms with Crippen LogP contribution in [0, 0.1) is 17.5 Å². The van der Waals surface area contributed by atoms with Crippen molar-refractivity contribution in [2.75, 3.05) is 0 Å². The second-order valence-electron chi connectivity index (χ2n) is 3.93. The molecule has 2 N–H and O–H groups in total. The molecule has 2 aromatic rings. The van der Waals surface area contributed by atoms with Crippen LogP contribution in [-0.2, 0) is 0 Å². The van der Waals surface area contributed by atoms with E-state index in [1.165, 1.54) is 18.2 Å². The number of benzene rings is 2. The third-order valence-electron chi connectivity index (χ3n) is 2.65. The van der Waals surface area contributed by atoms with E-state index in [2.05, 4.69) is 0 Å². The third-order valence-corrected chi connectivity index (χ3v) is 3.23. The van der Waals surface area contributed by atoms with E-state index in [9.17, 15) is 13.2 Å². The highest BCUT2D eigenvalue weighted by atomic mass is 35.5. The summed E-state index contributed by atoms with van der Waals surface area (Å²) in [7, 11) is 0. The maximum atomic E-state index is 13.6. The molecule has 100 valence electrons. The Bertz CT molecular complexity index is 608. The molecule has 0 bridgehead atoms. The molecule has 0 aliphatic heterocycles. The zero-order valence-corrected chi connectivity index (χ0v) is 10.9. The Hall–Kier alpha value is -1.23. The first-order valence-electron chi connectivity index (χ1n) is 5.25. The molecule has 0 fully saturated rings. The molecule has 2 aromatic carbocycles. The Labute approximate surface area is 117 Å². The molecule has 0 aliphatic carbocycles. The summed E-state index contributed by atoms with van der Waals surface area (Å²) in [4.78, 5) is 0. The Morgan fingerprint density at radius 3 is 2.11 bits per heavy atom. The van der Waals surface area contributed by atoms with E-state index in [0.29, 0.717) is 17.2 Å². The van der Waals surface area contributed by atoms with Crippen LogP contribution in [0.2, 0.25) is 10.0 Å². The van der Waals surface area contributed by atoms with E-state index in [4.69, 9.17) is 28.9 Å². The number of hydrogen-bond acceptors (Lipinski definition) is 1. The van der Waals surface area contributed by atoms with E-state index in [0.717, 1.165) is 0 Å². The third kappa shape index (κ3) is 2.86. The highest BCUT2D eigenvalue weighted by Gasteiger charge is 2.21. The predicted octanol–water partition coefficient (Wildman–Crippen LogP) is 4.46. The number of hydrogen-bond donors (Lipinski definition) is 1. The van der Waals surface area contributed by atoms with Crippen molar-refractivity contribution in [2.45, 2.75) is 6.04 Å². The standard InChI is InChI=1S/C13H8Cl2F3N/c14-6-1-2-9(15)8(3-6)13(19)12-10(17)4-7(16)5-11(12)18/h1-5,13H,19H2. The van der Waals surface area contributed by atoms with Crippen molar-refractivity contribution in [2.24, 2.45) is 5.73 Å². The zero-order valence-electron chi connectivity index (χ0n) is 9.43. The molecule has 0 heterocycles. The van der Waals surface area contributed by atoms with E-state index >= 15 is 0 Å². The van der Waals surface area contributed by atoms with Gasteiger partial charge < -0.3 is 5.73 Å². The van der Waals surface area contributed by atoms with Crippen LogP contribution in [0.15, 0.2) is 30.3 Å². The SMILES string of the molecule is NC(c1cc(Cl)ccc1Cl)c1c(F)cc(F)cc1F. The first kappa shape index (κ1) is 14.2. The molecule has 1 nitrogen and oxygen atoms in total. The van der Waals surface area contributed by atoms with Crippen molar-refractivity contribution in [3.05, 3.63) is 69.0 Å². The second kappa shape index (κ2) is 5.41. The van der Waals surface area contributed by atoms with Gasteiger partial charge in [0, 0.05) is 27.7 Å². The van der Waals surface area contributed by atoms with Gasteiger partial charge in [0.25, 0.3) is 0 Å². The fourth-order valence-corrected chi connectivity index (χ4v) is 2.17. The number of rotatable bonds is 2. The average Bonchev–Trinajstić information content (AvgIpc) is 2.30. The lowest BCUT2D eigenvalue weighted by atomic mass is 9.98. The van der Waals surface area contributed by atoms with Crippen molar-refractivity contribution in [3.63, 3.8) is 0 Å². The highest BCUT2D eigenvalue weighted by Crippen LogP contribution is 2.31. The monoisotopic (exact) mass is 305 g/mol. The minimum Gasteiger partial charge on any atom is -0.320 e. The normalized spacial score (nSPS) is 12.5. The summed E-state index contributed by atoms with van der Waals surface area (Å²) in [6.45, 7) is 0. The number of nitrogens with two attached hydrogens (primary N) is 1.